The summed E-state index contributed by atoms with van der Waals surface area (Å²) in [5.41, 5.74) is 4.91. The van der Waals surface area contributed by atoms with E-state index in [1.807, 2.05) is 27.7 Å². The maximum absolute atomic E-state index is 12.6. The molecule has 0 bridgehead atoms. The third kappa shape index (κ3) is 10.8. The zero-order valence-electron chi connectivity index (χ0n) is 25.8. The van der Waals surface area contributed by atoms with E-state index in [0.717, 1.165) is 32.1 Å². The van der Waals surface area contributed by atoms with E-state index in [1.54, 1.807) is 20.8 Å². The number of carboxylic acid groups (broad SMARTS) is 1. The van der Waals surface area contributed by atoms with Gasteiger partial charge in [-0.3, -0.25) is 9.59 Å². The molecule has 1 aromatic carbocycles. The van der Waals surface area contributed by atoms with E-state index in [9.17, 15) is 24.3 Å². The number of rotatable bonds is 13. The second-order valence-electron chi connectivity index (χ2n) is 12.0. The van der Waals surface area contributed by atoms with Gasteiger partial charge in [0.1, 0.15) is 23.9 Å². The lowest BCUT2D eigenvalue weighted by Crippen LogP contribution is -2.52. The number of ether oxygens (including phenoxy) is 5. The molecule has 0 heterocycles. The summed E-state index contributed by atoms with van der Waals surface area (Å²) in [6, 6.07) is 4.23. The topological polar surface area (TPSA) is 161 Å². The molecule has 1 fully saturated rings. The molecule has 0 spiro atoms. The first-order chi connectivity index (χ1) is 19.6. The smallest absolute Gasteiger partial charge is 0.480 e. The van der Waals surface area contributed by atoms with Crippen LogP contribution in [0.5, 0.6) is 11.5 Å². The van der Waals surface area contributed by atoms with Crippen molar-refractivity contribution in [3.8, 4) is 11.5 Å². The Hall–Kier alpha value is -3.34. The highest BCUT2D eigenvalue weighted by Crippen LogP contribution is 2.32. The standard InChI is InChI=1S/C31H47NO10/c1-18(2)21(6)39-29(36)41-25-14-13-23(15-26(25)42-30(37)40-22(7)19(3)4)17-31(32,28(34)35)16-20(5)38-27(33)24-11-9-8-10-12-24/h13-15,18-22,24H,8-12,16-17,32H2,1-7H3,(H,34,35)/t20-,21?,22?,31?/m0/s1. The normalized spacial score (nSPS) is 17.5. The lowest BCUT2D eigenvalue weighted by Gasteiger charge is -2.29. The number of benzene rings is 1. The molecule has 11 heteroatoms. The van der Waals surface area contributed by atoms with Crippen molar-refractivity contribution in [2.45, 2.75) is 117 Å². The minimum absolute atomic E-state index is 0.0229. The van der Waals surface area contributed by atoms with Crippen LogP contribution in [0.1, 0.15) is 92.6 Å². The van der Waals surface area contributed by atoms with Gasteiger partial charge in [0, 0.05) is 12.8 Å². The van der Waals surface area contributed by atoms with Crippen molar-refractivity contribution in [1.29, 1.82) is 0 Å². The highest BCUT2D eigenvalue weighted by Gasteiger charge is 2.38. The Labute approximate surface area is 248 Å². The average Bonchev–Trinajstić information content (AvgIpc) is 2.90. The molecule has 236 valence electrons. The molecule has 0 saturated heterocycles. The van der Waals surface area contributed by atoms with Crippen LogP contribution < -0.4 is 15.2 Å². The highest BCUT2D eigenvalue weighted by atomic mass is 16.7. The van der Waals surface area contributed by atoms with Gasteiger partial charge in [0.25, 0.3) is 0 Å². The van der Waals surface area contributed by atoms with Crippen LogP contribution in [0.25, 0.3) is 0 Å². The fourth-order valence-electron chi connectivity index (χ4n) is 4.42. The second kappa shape index (κ2) is 15.8. The van der Waals surface area contributed by atoms with Crippen molar-refractivity contribution < 1.29 is 48.0 Å². The van der Waals surface area contributed by atoms with Crippen molar-refractivity contribution >= 4 is 24.2 Å². The first-order valence-corrected chi connectivity index (χ1v) is 14.7. The lowest BCUT2D eigenvalue weighted by molar-refractivity contribution is -0.158. The average molecular weight is 594 g/mol. The molecular weight excluding hydrogens is 546 g/mol. The molecule has 2 rings (SSSR count). The van der Waals surface area contributed by atoms with E-state index in [0.29, 0.717) is 5.56 Å². The maximum atomic E-state index is 12.6. The van der Waals surface area contributed by atoms with Gasteiger partial charge in [-0.15, -0.1) is 0 Å². The van der Waals surface area contributed by atoms with Gasteiger partial charge in [-0.1, -0.05) is 53.0 Å². The van der Waals surface area contributed by atoms with Gasteiger partial charge in [0.2, 0.25) is 0 Å². The van der Waals surface area contributed by atoms with Gasteiger partial charge in [-0.2, -0.15) is 0 Å². The van der Waals surface area contributed by atoms with Crippen LogP contribution in [0.3, 0.4) is 0 Å². The molecule has 0 amide bonds. The summed E-state index contributed by atoms with van der Waals surface area (Å²) in [5.74, 6) is -2.04. The predicted octanol–water partition coefficient (Wildman–Crippen LogP) is 6.03. The molecule has 1 aromatic rings. The van der Waals surface area contributed by atoms with E-state index in [-0.39, 0.29) is 48.1 Å². The molecule has 4 atom stereocenters. The van der Waals surface area contributed by atoms with Crippen molar-refractivity contribution in [3.05, 3.63) is 23.8 Å². The highest BCUT2D eigenvalue weighted by molar-refractivity contribution is 5.79. The van der Waals surface area contributed by atoms with Gasteiger partial charge in [0.05, 0.1) is 5.92 Å². The summed E-state index contributed by atoms with van der Waals surface area (Å²) in [7, 11) is 0. The molecule has 0 aliphatic heterocycles. The molecule has 1 aliphatic rings. The summed E-state index contributed by atoms with van der Waals surface area (Å²) < 4.78 is 26.8. The summed E-state index contributed by atoms with van der Waals surface area (Å²) in [4.78, 5) is 49.8. The molecule has 42 heavy (non-hydrogen) atoms. The SMILES string of the molecule is CC(C)C(C)OC(=O)Oc1ccc(CC(N)(C[C@H](C)OC(=O)C2CCCCC2)C(=O)O)cc1OC(=O)OC(C)C(C)C. The van der Waals surface area contributed by atoms with Crippen molar-refractivity contribution in [2.24, 2.45) is 23.5 Å². The van der Waals surface area contributed by atoms with E-state index in [2.05, 4.69) is 0 Å². The number of carbonyl (C=O) groups is 4. The Morgan fingerprint density at radius 1 is 0.833 bits per heavy atom. The van der Waals surface area contributed by atoms with Gasteiger partial charge >= 0.3 is 24.2 Å². The minimum atomic E-state index is -1.82. The van der Waals surface area contributed by atoms with Crippen molar-refractivity contribution in [2.75, 3.05) is 0 Å². The van der Waals surface area contributed by atoms with E-state index in [4.69, 9.17) is 29.4 Å². The Kier molecular flexibility index (Phi) is 13.1. The van der Waals surface area contributed by atoms with Crippen LogP contribution >= 0.6 is 0 Å². The number of carbonyl (C=O) groups excluding carboxylic acids is 3. The monoisotopic (exact) mass is 593 g/mol. The molecule has 0 radical (unpaired) electrons. The van der Waals surface area contributed by atoms with Crippen LogP contribution in [0.4, 0.5) is 9.59 Å². The van der Waals surface area contributed by atoms with Crippen LogP contribution in [0, 0.1) is 17.8 Å². The summed E-state index contributed by atoms with van der Waals surface area (Å²) in [6.45, 7) is 12.6. The summed E-state index contributed by atoms with van der Waals surface area (Å²) >= 11 is 0. The summed E-state index contributed by atoms with van der Waals surface area (Å²) in [6.07, 6.45) is 0.543. The first-order valence-electron chi connectivity index (χ1n) is 14.7. The quantitative estimate of drug-likeness (QED) is 0.156. The lowest BCUT2D eigenvalue weighted by atomic mass is 9.86. The van der Waals surface area contributed by atoms with Gasteiger partial charge in [-0.25, -0.2) is 9.59 Å². The molecular formula is C31H47NO10. The molecule has 1 aliphatic carbocycles. The van der Waals surface area contributed by atoms with Crippen LogP contribution in [0.15, 0.2) is 18.2 Å². The number of carboxylic acids is 1. The fraction of sp³-hybridized carbons (Fsp3) is 0.677. The van der Waals surface area contributed by atoms with Gasteiger partial charge in [0.15, 0.2) is 11.5 Å². The second-order valence-corrected chi connectivity index (χ2v) is 12.0. The number of esters is 1. The Morgan fingerprint density at radius 2 is 1.36 bits per heavy atom. The van der Waals surface area contributed by atoms with Crippen LogP contribution in [-0.4, -0.2) is 53.2 Å². The van der Waals surface area contributed by atoms with E-state index >= 15 is 0 Å². The Balaban J connectivity index is 2.25. The Morgan fingerprint density at radius 3 is 1.86 bits per heavy atom. The molecule has 3 unspecified atom stereocenters. The number of aliphatic carboxylic acids is 1. The minimum Gasteiger partial charge on any atom is -0.480 e. The first kappa shape index (κ1) is 34.9. The van der Waals surface area contributed by atoms with Crippen LogP contribution in [0.2, 0.25) is 0 Å². The number of hydrogen-bond acceptors (Lipinski definition) is 10. The molecule has 0 aromatic heterocycles. The zero-order valence-corrected chi connectivity index (χ0v) is 25.8. The molecule has 3 N–H and O–H groups in total. The number of nitrogens with two attached hydrogens (primary N) is 1. The van der Waals surface area contributed by atoms with Crippen molar-refractivity contribution in [1.82, 2.24) is 0 Å². The molecule has 11 nitrogen and oxygen atoms in total. The Bertz CT molecular complexity index is 1080. The number of hydrogen-bond donors (Lipinski definition) is 2. The third-order valence-corrected chi connectivity index (χ3v) is 7.69. The fourth-order valence-corrected chi connectivity index (χ4v) is 4.42. The maximum Gasteiger partial charge on any atom is 0.514 e. The zero-order chi connectivity index (χ0) is 31.6. The van der Waals surface area contributed by atoms with Gasteiger partial charge < -0.3 is 34.5 Å². The van der Waals surface area contributed by atoms with Crippen LogP contribution in [-0.2, 0) is 30.2 Å². The molecule has 1 saturated carbocycles. The van der Waals surface area contributed by atoms with E-state index in [1.165, 1.54) is 18.2 Å². The van der Waals surface area contributed by atoms with Crippen molar-refractivity contribution in [3.63, 3.8) is 0 Å². The van der Waals surface area contributed by atoms with Gasteiger partial charge in [-0.05, 0) is 63.1 Å². The summed E-state index contributed by atoms with van der Waals surface area (Å²) in [5, 5.41) is 10.0. The predicted molar refractivity (Wildman–Crippen MR) is 154 cm³/mol. The van der Waals surface area contributed by atoms with E-state index < -0.39 is 42.1 Å². The largest absolute Gasteiger partial charge is 0.514 e. The third-order valence-electron chi connectivity index (χ3n) is 7.69.